The van der Waals surface area contributed by atoms with Gasteiger partial charge in [0, 0.05) is 11.4 Å². The Morgan fingerprint density at radius 2 is 2.14 bits per heavy atom. The molecule has 1 aromatic rings. The standard InChI is InChI=1S/C11H20N2S/c1-4-6-7-11-13-9(3)10(14-11)8-12-5-2/h12H,4-8H2,1-3H3. The van der Waals surface area contributed by atoms with E-state index < -0.39 is 0 Å². The van der Waals surface area contributed by atoms with Gasteiger partial charge in [0.25, 0.3) is 0 Å². The fourth-order valence-corrected chi connectivity index (χ4v) is 2.41. The first-order valence-corrected chi connectivity index (χ1v) is 6.25. The van der Waals surface area contributed by atoms with Crippen LogP contribution in [0.4, 0.5) is 0 Å². The van der Waals surface area contributed by atoms with E-state index in [4.69, 9.17) is 0 Å². The summed E-state index contributed by atoms with van der Waals surface area (Å²) in [5, 5.41) is 4.65. The second-order valence-electron chi connectivity index (χ2n) is 3.50. The van der Waals surface area contributed by atoms with E-state index >= 15 is 0 Å². The van der Waals surface area contributed by atoms with Crippen LogP contribution in [0.1, 0.15) is 42.3 Å². The van der Waals surface area contributed by atoms with Gasteiger partial charge in [-0.05, 0) is 26.3 Å². The number of nitrogens with one attached hydrogen (secondary N) is 1. The molecule has 0 amide bonds. The molecule has 2 nitrogen and oxygen atoms in total. The molecule has 1 heterocycles. The summed E-state index contributed by atoms with van der Waals surface area (Å²) in [5.41, 5.74) is 1.21. The van der Waals surface area contributed by atoms with Crippen LogP contribution in [-0.4, -0.2) is 11.5 Å². The topological polar surface area (TPSA) is 24.9 Å². The predicted molar refractivity (Wildman–Crippen MR) is 62.8 cm³/mol. The molecule has 0 radical (unpaired) electrons. The Labute approximate surface area is 90.8 Å². The molecule has 0 saturated heterocycles. The van der Waals surface area contributed by atoms with Gasteiger partial charge in [0.15, 0.2) is 0 Å². The van der Waals surface area contributed by atoms with Crippen molar-refractivity contribution in [1.29, 1.82) is 0 Å². The van der Waals surface area contributed by atoms with Crippen molar-refractivity contribution in [2.75, 3.05) is 6.54 Å². The number of unbranched alkanes of at least 4 members (excludes halogenated alkanes) is 1. The minimum atomic E-state index is 0.978. The molecule has 0 aliphatic carbocycles. The molecular weight excluding hydrogens is 192 g/mol. The number of thiazole rings is 1. The van der Waals surface area contributed by atoms with Crippen molar-refractivity contribution in [3.05, 3.63) is 15.6 Å². The summed E-state index contributed by atoms with van der Waals surface area (Å²) in [6, 6.07) is 0. The predicted octanol–water partition coefficient (Wildman–Crippen LogP) is 2.90. The molecular formula is C11H20N2S. The molecule has 0 aliphatic heterocycles. The molecule has 0 fully saturated rings. The van der Waals surface area contributed by atoms with E-state index in [1.165, 1.54) is 28.4 Å². The lowest BCUT2D eigenvalue weighted by Gasteiger charge is -1.97. The number of aromatic nitrogens is 1. The normalized spacial score (nSPS) is 10.8. The fourth-order valence-electron chi connectivity index (χ4n) is 1.33. The Hall–Kier alpha value is -0.410. The zero-order valence-electron chi connectivity index (χ0n) is 9.39. The molecule has 1 rings (SSSR count). The number of hydrogen-bond donors (Lipinski definition) is 1. The van der Waals surface area contributed by atoms with E-state index in [-0.39, 0.29) is 0 Å². The minimum absolute atomic E-state index is 0.978. The van der Waals surface area contributed by atoms with Crippen molar-refractivity contribution in [1.82, 2.24) is 10.3 Å². The Morgan fingerprint density at radius 1 is 1.36 bits per heavy atom. The summed E-state index contributed by atoms with van der Waals surface area (Å²) < 4.78 is 0. The molecule has 1 aromatic heterocycles. The molecule has 0 unspecified atom stereocenters. The smallest absolute Gasteiger partial charge is 0.0931 e. The molecule has 14 heavy (non-hydrogen) atoms. The number of nitrogens with zero attached hydrogens (tertiary/aromatic N) is 1. The van der Waals surface area contributed by atoms with Gasteiger partial charge in [-0.15, -0.1) is 11.3 Å². The Morgan fingerprint density at radius 3 is 2.79 bits per heavy atom. The third kappa shape index (κ3) is 3.39. The first-order valence-electron chi connectivity index (χ1n) is 5.43. The lowest BCUT2D eigenvalue weighted by Crippen LogP contribution is -2.11. The molecule has 0 aliphatic rings. The summed E-state index contributed by atoms with van der Waals surface area (Å²) >= 11 is 1.87. The van der Waals surface area contributed by atoms with Crippen molar-refractivity contribution in [2.45, 2.75) is 46.6 Å². The molecule has 80 valence electrons. The van der Waals surface area contributed by atoms with Gasteiger partial charge in [-0.3, -0.25) is 0 Å². The molecule has 1 N–H and O–H groups in total. The largest absolute Gasteiger partial charge is 0.312 e. The van der Waals surface area contributed by atoms with E-state index in [0.29, 0.717) is 0 Å². The average Bonchev–Trinajstić information content (AvgIpc) is 2.53. The van der Waals surface area contributed by atoms with E-state index in [9.17, 15) is 0 Å². The third-order valence-corrected chi connectivity index (χ3v) is 3.43. The lowest BCUT2D eigenvalue weighted by atomic mass is 10.3. The summed E-state index contributed by atoms with van der Waals surface area (Å²) in [6.07, 6.45) is 3.66. The first-order chi connectivity index (χ1) is 6.77. The molecule has 0 aromatic carbocycles. The summed E-state index contributed by atoms with van der Waals surface area (Å²) in [5.74, 6) is 0. The van der Waals surface area contributed by atoms with Gasteiger partial charge in [-0.25, -0.2) is 4.98 Å². The van der Waals surface area contributed by atoms with E-state index in [2.05, 4.69) is 31.1 Å². The highest BCUT2D eigenvalue weighted by molar-refractivity contribution is 7.11. The monoisotopic (exact) mass is 212 g/mol. The summed E-state index contributed by atoms with van der Waals surface area (Å²) in [7, 11) is 0. The van der Waals surface area contributed by atoms with Crippen molar-refractivity contribution in [3.8, 4) is 0 Å². The van der Waals surface area contributed by atoms with Crippen molar-refractivity contribution in [2.24, 2.45) is 0 Å². The van der Waals surface area contributed by atoms with E-state index in [0.717, 1.165) is 19.5 Å². The summed E-state index contributed by atoms with van der Waals surface area (Å²) in [4.78, 5) is 5.98. The number of aryl methyl sites for hydroxylation is 2. The highest BCUT2D eigenvalue weighted by Crippen LogP contribution is 2.19. The van der Waals surface area contributed by atoms with Gasteiger partial charge in [0.05, 0.1) is 10.7 Å². The van der Waals surface area contributed by atoms with Crippen LogP contribution in [0.25, 0.3) is 0 Å². The second-order valence-corrected chi connectivity index (χ2v) is 4.67. The van der Waals surface area contributed by atoms with Crippen molar-refractivity contribution >= 4 is 11.3 Å². The van der Waals surface area contributed by atoms with Gasteiger partial charge in [0.2, 0.25) is 0 Å². The SMILES string of the molecule is CCCCc1nc(C)c(CNCC)s1. The van der Waals surface area contributed by atoms with Crippen LogP contribution in [0.5, 0.6) is 0 Å². The van der Waals surface area contributed by atoms with Gasteiger partial charge >= 0.3 is 0 Å². The van der Waals surface area contributed by atoms with E-state index in [1.54, 1.807) is 0 Å². The fraction of sp³-hybridized carbons (Fsp3) is 0.727. The Kier molecular flexibility index (Phi) is 5.12. The maximum absolute atomic E-state index is 4.58. The number of hydrogen-bond acceptors (Lipinski definition) is 3. The minimum Gasteiger partial charge on any atom is -0.312 e. The highest BCUT2D eigenvalue weighted by Gasteiger charge is 2.05. The van der Waals surface area contributed by atoms with Crippen LogP contribution in [0.3, 0.4) is 0 Å². The van der Waals surface area contributed by atoms with Gasteiger partial charge in [0.1, 0.15) is 0 Å². The Bertz CT molecular complexity index is 268. The maximum atomic E-state index is 4.58. The van der Waals surface area contributed by atoms with Gasteiger partial charge < -0.3 is 5.32 Å². The second kappa shape index (κ2) is 6.14. The molecule has 3 heteroatoms. The lowest BCUT2D eigenvalue weighted by molar-refractivity contribution is 0.730. The van der Waals surface area contributed by atoms with Crippen LogP contribution >= 0.6 is 11.3 Å². The van der Waals surface area contributed by atoms with Crippen LogP contribution in [0.15, 0.2) is 0 Å². The van der Waals surface area contributed by atoms with E-state index in [1.807, 2.05) is 11.3 Å². The summed E-state index contributed by atoms with van der Waals surface area (Å²) in [6.45, 7) is 8.47. The molecule has 0 saturated carbocycles. The molecule has 0 atom stereocenters. The van der Waals surface area contributed by atoms with Crippen LogP contribution in [0.2, 0.25) is 0 Å². The van der Waals surface area contributed by atoms with Crippen LogP contribution in [-0.2, 0) is 13.0 Å². The molecule has 0 spiro atoms. The van der Waals surface area contributed by atoms with Gasteiger partial charge in [-0.1, -0.05) is 20.3 Å². The Balaban J connectivity index is 2.53. The van der Waals surface area contributed by atoms with Crippen molar-refractivity contribution in [3.63, 3.8) is 0 Å². The maximum Gasteiger partial charge on any atom is 0.0931 e. The highest BCUT2D eigenvalue weighted by atomic mass is 32.1. The van der Waals surface area contributed by atoms with Gasteiger partial charge in [-0.2, -0.15) is 0 Å². The molecule has 0 bridgehead atoms. The quantitative estimate of drug-likeness (QED) is 0.784. The zero-order valence-corrected chi connectivity index (χ0v) is 10.2. The van der Waals surface area contributed by atoms with Crippen LogP contribution in [0, 0.1) is 6.92 Å². The third-order valence-electron chi connectivity index (χ3n) is 2.22. The number of rotatable bonds is 6. The zero-order chi connectivity index (χ0) is 10.4. The first kappa shape index (κ1) is 11.7. The van der Waals surface area contributed by atoms with Crippen molar-refractivity contribution < 1.29 is 0 Å². The average molecular weight is 212 g/mol. The van der Waals surface area contributed by atoms with Crippen LogP contribution < -0.4 is 5.32 Å².